The number of allylic oxidation sites excluding steroid dienone is 24. The van der Waals surface area contributed by atoms with Crippen LogP contribution in [0.1, 0.15) is 290 Å². The maximum absolute atomic E-state index is 12.9. The summed E-state index contributed by atoms with van der Waals surface area (Å²) in [5.41, 5.74) is 0. The number of hydrogen-bond donors (Lipinski definition) is 0. The quantitative estimate of drug-likeness (QED) is 0.0261. The molecule has 1 unspecified atom stereocenters. The minimum Gasteiger partial charge on any atom is -0.462 e. The number of carbonyl (C=O) groups is 3. The van der Waals surface area contributed by atoms with E-state index in [4.69, 9.17) is 14.2 Å². The summed E-state index contributed by atoms with van der Waals surface area (Å²) < 4.78 is 16.9. The van der Waals surface area contributed by atoms with Crippen molar-refractivity contribution in [3.05, 3.63) is 146 Å². The molecular formula is C75H122O6. The highest BCUT2D eigenvalue weighted by Crippen LogP contribution is 2.15. The third-order valence-electron chi connectivity index (χ3n) is 13.8. The molecule has 0 bridgehead atoms. The van der Waals surface area contributed by atoms with Crippen LogP contribution in [-0.2, 0) is 28.6 Å². The monoisotopic (exact) mass is 1120 g/mol. The molecule has 458 valence electrons. The van der Waals surface area contributed by atoms with E-state index in [9.17, 15) is 14.4 Å². The molecule has 0 aromatic rings. The molecule has 0 saturated carbocycles. The molecule has 0 aliphatic rings. The second-order valence-electron chi connectivity index (χ2n) is 21.6. The highest BCUT2D eigenvalue weighted by molar-refractivity contribution is 5.71. The summed E-state index contributed by atoms with van der Waals surface area (Å²) in [6.07, 6.45) is 97.1. The fourth-order valence-corrected chi connectivity index (χ4v) is 8.85. The zero-order valence-electron chi connectivity index (χ0n) is 52.5. The van der Waals surface area contributed by atoms with Crippen molar-refractivity contribution in [2.24, 2.45) is 0 Å². The average Bonchev–Trinajstić information content (AvgIpc) is 3.46. The van der Waals surface area contributed by atoms with E-state index >= 15 is 0 Å². The van der Waals surface area contributed by atoms with Gasteiger partial charge in [0.1, 0.15) is 13.2 Å². The largest absolute Gasteiger partial charge is 0.462 e. The van der Waals surface area contributed by atoms with Crippen LogP contribution < -0.4 is 0 Å². The van der Waals surface area contributed by atoms with Gasteiger partial charge in [-0.3, -0.25) is 14.4 Å². The van der Waals surface area contributed by atoms with Gasteiger partial charge < -0.3 is 14.2 Å². The maximum atomic E-state index is 12.9. The van der Waals surface area contributed by atoms with Gasteiger partial charge in [-0.1, -0.05) is 289 Å². The van der Waals surface area contributed by atoms with Gasteiger partial charge in [0.2, 0.25) is 0 Å². The Kier molecular flexibility index (Phi) is 63.9. The fraction of sp³-hybridized carbons (Fsp3) is 0.640. The second kappa shape index (κ2) is 67.8. The Morgan fingerprint density at radius 1 is 0.259 bits per heavy atom. The molecule has 0 aliphatic carbocycles. The Balaban J connectivity index is 4.39. The topological polar surface area (TPSA) is 78.9 Å². The summed E-state index contributed by atoms with van der Waals surface area (Å²) in [5.74, 6) is -0.948. The smallest absolute Gasteiger partial charge is 0.306 e. The van der Waals surface area contributed by atoms with Crippen LogP contribution in [0.15, 0.2) is 146 Å². The van der Waals surface area contributed by atoms with Crippen molar-refractivity contribution >= 4 is 17.9 Å². The molecule has 0 radical (unpaired) electrons. The van der Waals surface area contributed by atoms with Gasteiger partial charge in [-0.2, -0.15) is 0 Å². The number of carbonyl (C=O) groups excluding carboxylic acids is 3. The van der Waals surface area contributed by atoms with Crippen LogP contribution in [0.25, 0.3) is 0 Å². The fourth-order valence-electron chi connectivity index (χ4n) is 8.85. The molecule has 0 fully saturated rings. The second-order valence-corrected chi connectivity index (χ2v) is 21.6. The van der Waals surface area contributed by atoms with Crippen LogP contribution in [0.2, 0.25) is 0 Å². The Morgan fingerprint density at radius 2 is 0.481 bits per heavy atom. The van der Waals surface area contributed by atoms with E-state index in [2.05, 4.69) is 167 Å². The summed E-state index contributed by atoms with van der Waals surface area (Å²) in [7, 11) is 0. The highest BCUT2D eigenvalue weighted by Gasteiger charge is 2.19. The standard InChI is InChI=1S/C75H122O6/c1-4-7-10-13-16-19-22-25-27-29-30-31-32-33-34-35-36-37-38-39-40-41-42-43-44-46-47-50-53-56-59-62-65-68-74(77)80-71-72(70-79-73(76)67-64-61-58-55-52-49-24-21-18-15-12-9-6-3)81-75(78)69-66-63-60-57-54-51-48-45-28-26-23-20-17-14-11-8-5-2/h7,10,16-17,19-20,25-28,30-31,33-34,36-37,39-40,42-43,46-47,53,56,72H,4-6,8-9,11-15,18,21-24,29,32,35,38,41,44-45,48-52,54-55,57-71H2,1-3H3/b10-7-,19-16-,20-17-,27-25-,28-26-,31-30-,34-33-,37-36-,40-39-,43-42-,47-46-,56-53-. The lowest BCUT2D eigenvalue weighted by molar-refractivity contribution is -0.167. The summed E-state index contributed by atoms with van der Waals surface area (Å²) in [6, 6.07) is 0. The molecule has 0 N–H and O–H groups in total. The van der Waals surface area contributed by atoms with Crippen LogP contribution in [0.5, 0.6) is 0 Å². The predicted molar refractivity (Wildman–Crippen MR) is 352 cm³/mol. The lowest BCUT2D eigenvalue weighted by Gasteiger charge is -2.18. The molecule has 0 saturated heterocycles. The van der Waals surface area contributed by atoms with Crippen LogP contribution in [-0.4, -0.2) is 37.2 Å². The van der Waals surface area contributed by atoms with Gasteiger partial charge in [-0.15, -0.1) is 0 Å². The van der Waals surface area contributed by atoms with E-state index in [1.165, 1.54) is 116 Å². The molecule has 0 rings (SSSR count). The summed E-state index contributed by atoms with van der Waals surface area (Å²) >= 11 is 0. The van der Waals surface area contributed by atoms with Crippen molar-refractivity contribution in [3.8, 4) is 0 Å². The molecule has 0 aromatic heterocycles. The SMILES string of the molecule is CC/C=C\C/C=C\C/C=C\C/C=C\C/C=C\C/C=C\C/C=C\C/C=C\C/C=C\C/C=C\CCCCC(=O)OCC(COC(=O)CCCCCCCCCCCCCCC)OC(=O)CCCCCCCCC/C=C\C/C=C\CCCCC. The van der Waals surface area contributed by atoms with Crippen LogP contribution in [0.3, 0.4) is 0 Å². The van der Waals surface area contributed by atoms with Gasteiger partial charge in [-0.05, 0) is 128 Å². The van der Waals surface area contributed by atoms with Crippen molar-refractivity contribution in [1.82, 2.24) is 0 Å². The molecule has 0 spiro atoms. The summed E-state index contributed by atoms with van der Waals surface area (Å²) in [5, 5.41) is 0. The van der Waals surface area contributed by atoms with Gasteiger partial charge in [0, 0.05) is 19.3 Å². The van der Waals surface area contributed by atoms with Crippen molar-refractivity contribution < 1.29 is 28.6 Å². The number of unbranched alkanes of at least 4 members (excludes halogenated alkanes) is 24. The predicted octanol–water partition coefficient (Wildman–Crippen LogP) is 23.1. The van der Waals surface area contributed by atoms with Crippen LogP contribution >= 0.6 is 0 Å². The zero-order chi connectivity index (χ0) is 58.5. The summed E-state index contributed by atoms with van der Waals surface area (Å²) in [6.45, 7) is 6.47. The molecule has 6 heteroatoms. The molecule has 81 heavy (non-hydrogen) atoms. The molecule has 0 aliphatic heterocycles. The van der Waals surface area contributed by atoms with Gasteiger partial charge in [0.15, 0.2) is 6.10 Å². The number of hydrogen-bond acceptors (Lipinski definition) is 6. The Morgan fingerprint density at radius 3 is 0.802 bits per heavy atom. The van der Waals surface area contributed by atoms with E-state index in [0.29, 0.717) is 25.7 Å². The molecule has 6 nitrogen and oxygen atoms in total. The number of ether oxygens (including phenoxy) is 3. The normalized spacial score (nSPS) is 13.1. The first-order valence-electron chi connectivity index (χ1n) is 33.3. The van der Waals surface area contributed by atoms with Crippen molar-refractivity contribution in [1.29, 1.82) is 0 Å². The van der Waals surface area contributed by atoms with E-state index < -0.39 is 6.10 Å². The van der Waals surface area contributed by atoms with E-state index in [1.807, 2.05) is 0 Å². The number of esters is 3. The maximum Gasteiger partial charge on any atom is 0.306 e. The van der Waals surface area contributed by atoms with Gasteiger partial charge in [-0.25, -0.2) is 0 Å². The minimum atomic E-state index is -0.805. The first-order valence-corrected chi connectivity index (χ1v) is 33.3. The van der Waals surface area contributed by atoms with Gasteiger partial charge in [0.05, 0.1) is 0 Å². The number of rotatable bonds is 59. The van der Waals surface area contributed by atoms with Crippen molar-refractivity contribution in [2.75, 3.05) is 13.2 Å². The highest BCUT2D eigenvalue weighted by atomic mass is 16.6. The Bertz CT molecular complexity index is 1760. The molecule has 0 amide bonds. The molecular weight excluding hydrogens is 997 g/mol. The Labute approximate surface area is 499 Å². The zero-order valence-corrected chi connectivity index (χ0v) is 52.5. The molecule has 1 atom stereocenters. The Hall–Kier alpha value is -4.71. The lowest BCUT2D eigenvalue weighted by atomic mass is 10.0. The first-order chi connectivity index (χ1) is 40.0. The van der Waals surface area contributed by atoms with Gasteiger partial charge in [0.25, 0.3) is 0 Å². The van der Waals surface area contributed by atoms with Crippen molar-refractivity contribution in [3.63, 3.8) is 0 Å². The summed E-state index contributed by atoms with van der Waals surface area (Å²) in [4.78, 5) is 38.3. The third kappa shape index (κ3) is 66.0. The van der Waals surface area contributed by atoms with Gasteiger partial charge >= 0.3 is 17.9 Å². The molecule has 0 aromatic carbocycles. The first kappa shape index (κ1) is 76.3. The minimum absolute atomic E-state index is 0.0968. The van der Waals surface area contributed by atoms with E-state index in [0.717, 1.165) is 128 Å². The third-order valence-corrected chi connectivity index (χ3v) is 13.8. The molecule has 0 heterocycles. The van der Waals surface area contributed by atoms with Crippen LogP contribution in [0, 0.1) is 0 Å². The van der Waals surface area contributed by atoms with Crippen LogP contribution in [0.4, 0.5) is 0 Å². The average molecular weight is 1120 g/mol. The van der Waals surface area contributed by atoms with E-state index in [-0.39, 0.29) is 31.1 Å². The lowest BCUT2D eigenvalue weighted by Crippen LogP contribution is -2.30. The van der Waals surface area contributed by atoms with Crippen molar-refractivity contribution in [2.45, 2.75) is 297 Å². The van der Waals surface area contributed by atoms with E-state index in [1.54, 1.807) is 0 Å².